The van der Waals surface area contributed by atoms with Gasteiger partial charge >= 0.3 is 0 Å². The standard InChI is InChI=1S/4C8H10N2O2.C5H6O2.C3H4N2.5C2H6.CH3I.CH4.V/c1-7(12)8(2-5-11)10-4-3-9-6-10;1-7(12)4-8(5-11)10-3-2-9-6-10;1-7(11)2-3-8(12)10-5-4-9-6-10;1-8(12,3-2-6-11)10-5-4-9-7-10;1-5(7)3-2-4-6;1-2-5-3-4-1;6*1-2;;/h3-6,8H,2H2,1H3;2-3,5-6,8H,4H2,1H3;2-6,8,12H,1H3;2-7,12H,1H3;2-4H,1H3;1-3H,(H,4,5);5*1-2H3;1H3;1H4;/b;;3*3-2-;;;;;;;;;. The molecule has 3 N–H and O–H groups in total. The quantitative estimate of drug-likeness (QED) is 0.0359. The van der Waals surface area contributed by atoms with Crippen LogP contribution < -0.4 is 0 Å². The van der Waals surface area contributed by atoms with E-state index in [0.717, 1.165) is 12.6 Å². The number of Topliss-reactive ketones (excluding diaryl/α,β-unsaturated/α-hetero) is 2. The third-order valence-electron chi connectivity index (χ3n) is 6.90. The van der Waals surface area contributed by atoms with Gasteiger partial charge in [-0.25, -0.2) is 24.9 Å². The molecule has 74 heavy (non-hydrogen) atoms. The summed E-state index contributed by atoms with van der Waals surface area (Å²) in [6, 6.07) is -0.782. The normalized spacial score (nSPS) is 10.7. The zero-order valence-electron chi connectivity index (χ0n) is 45.6. The maximum absolute atomic E-state index is 11.0. The molecule has 0 aliphatic rings. The van der Waals surface area contributed by atoms with Crippen molar-refractivity contribution in [3.05, 3.63) is 130 Å². The minimum atomic E-state index is -1.18. The molecular weight excluding hydrogens is 1100 g/mol. The third-order valence-corrected chi connectivity index (χ3v) is 6.90. The fourth-order valence-electron chi connectivity index (χ4n) is 4.00. The van der Waals surface area contributed by atoms with Gasteiger partial charge in [-0.15, -0.1) is 0 Å². The molecule has 0 amide bonds. The number of hydrogen-bond acceptors (Lipinski definition) is 15. The number of hydrogen-bond donors (Lipinski definition) is 3. The van der Waals surface area contributed by atoms with E-state index in [2.05, 4.69) is 52.5 Å². The molecule has 0 aliphatic carbocycles. The number of aromatic nitrogens is 10. The Bertz CT molecular complexity index is 2010. The molecule has 0 aromatic carbocycles. The monoisotopic (exact) mass is 1190 g/mol. The molecule has 0 saturated carbocycles. The van der Waals surface area contributed by atoms with Gasteiger partial charge < -0.3 is 43.1 Å². The molecule has 0 saturated heterocycles. The number of nitrogens with one attached hydrogen (secondary N) is 1. The van der Waals surface area contributed by atoms with Crippen LogP contribution in [0.25, 0.3) is 0 Å². The summed E-state index contributed by atoms with van der Waals surface area (Å²) in [6.07, 6.45) is 34.1. The molecule has 0 bridgehead atoms. The molecule has 5 heterocycles. The number of nitrogens with zero attached hydrogens (tertiary/aromatic N) is 9. The van der Waals surface area contributed by atoms with E-state index < -0.39 is 18.0 Å². The van der Waals surface area contributed by atoms with Crippen LogP contribution in [0.2, 0.25) is 0 Å². The number of alkyl halides is 1. The summed E-state index contributed by atoms with van der Waals surface area (Å²) in [5, 5.41) is 19.0. The van der Waals surface area contributed by atoms with Gasteiger partial charge in [-0.3, -0.25) is 28.8 Å². The second kappa shape index (κ2) is 66.9. The van der Waals surface area contributed by atoms with E-state index in [9.17, 15) is 48.6 Å². The van der Waals surface area contributed by atoms with E-state index in [1.54, 1.807) is 84.4 Å². The summed E-state index contributed by atoms with van der Waals surface area (Å²) in [7, 11) is 0. The average Bonchev–Trinajstić information content (AvgIpc) is 4.27. The van der Waals surface area contributed by atoms with E-state index in [1.165, 1.54) is 98.6 Å². The first kappa shape index (κ1) is 87.6. The van der Waals surface area contributed by atoms with Crippen LogP contribution in [-0.2, 0) is 62.6 Å². The predicted molar refractivity (Wildman–Crippen MR) is 300 cm³/mol. The number of allylic oxidation sites excluding steroid dienone is 4. The average molecular weight is 1190 g/mol. The summed E-state index contributed by atoms with van der Waals surface area (Å²) in [5.74, 6) is -0.220. The first-order valence-electron chi connectivity index (χ1n) is 23.1. The molecule has 20 nitrogen and oxygen atoms in total. The second-order valence-corrected chi connectivity index (χ2v) is 12.0. The van der Waals surface area contributed by atoms with Gasteiger partial charge in [0, 0.05) is 93.4 Å². The van der Waals surface area contributed by atoms with Crippen molar-refractivity contribution in [3.63, 3.8) is 0 Å². The number of aliphatic hydroxyl groups is 2. The van der Waals surface area contributed by atoms with Gasteiger partial charge in [0.05, 0.1) is 43.7 Å². The summed E-state index contributed by atoms with van der Waals surface area (Å²) in [5.41, 5.74) is -1.18. The van der Waals surface area contributed by atoms with Crippen LogP contribution in [0, 0.1) is 0 Å². The van der Waals surface area contributed by atoms with Crippen LogP contribution in [0.15, 0.2) is 130 Å². The number of imidazole rings is 5. The summed E-state index contributed by atoms with van der Waals surface area (Å²) >= 11 is 2.15. The van der Waals surface area contributed by atoms with Crippen LogP contribution in [0.4, 0.5) is 0 Å². The van der Waals surface area contributed by atoms with E-state index in [-0.39, 0.29) is 68.0 Å². The molecule has 0 aliphatic heterocycles. The number of aromatic amines is 1. The number of aldehydes is 4. The van der Waals surface area contributed by atoms with Gasteiger partial charge in [-0.1, -0.05) is 99.3 Å². The molecule has 5 rings (SSSR count). The van der Waals surface area contributed by atoms with Crippen molar-refractivity contribution in [1.29, 1.82) is 0 Å². The molecule has 0 spiro atoms. The fourth-order valence-corrected chi connectivity index (χ4v) is 4.00. The molecule has 5 aromatic rings. The Morgan fingerprint density at radius 1 is 0.649 bits per heavy atom. The van der Waals surface area contributed by atoms with Gasteiger partial charge in [-0.2, -0.15) is 0 Å². The van der Waals surface area contributed by atoms with Crippen molar-refractivity contribution in [2.75, 3.05) is 4.93 Å². The first-order valence-corrected chi connectivity index (χ1v) is 25.2. The molecule has 4 unspecified atom stereocenters. The Morgan fingerprint density at radius 3 is 1.39 bits per heavy atom. The van der Waals surface area contributed by atoms with Crippen molar-refractivity contribution < 1.29 is 67.1 Å². The van der Waals surface area contributed by atoms with Crippen LogP contribution in [-0.4, -0.2) is 112 Å². The minimum absolute atomic E-state index is 0. The SMILES string of the molecule is C.CC.CC.CC.CC.CC.CC(=O)/C=C\C(O)n1ccnc1.CC(=O)/C=C\C=O.CC(=O)C(CC=O)n1ccnc1.CC(=O)CC(C=O)n1ccnc1.CC(O)(/C=C\C=O)n1ccnc1.CI.[V].c1c[nH]cn1. The van der Waals surface area contributed by atoms with Gasteiger partial charge in [0.15, 0.2) is 29.3 Å². The predicted octanol–water partition coefficient (Wildman–Crippen LogP) is 9.58. The first-order chi connectivity index (χ1) is 34.6. The summed E-state index contributed by atoms with van der Waals surface area (Å²) in [4.78, 5) is 106. The molecule has 5 aromatic heterocycles. The van der Waals surface area contributed by atoms with E-state index >= 15 is 0 Å². The fraction of sp³-hybridized carbons (Fsp3) is 0.442. The summed E-state index contributed by atoms with van der Waals surface area (Å²) < 4.78 is 6.23. The topological polar surface area (TPSA) is 277 Å². The van der Waals surface area contributed by atoms with Gasteiger partial charge in [0.25, 0.3) is 0 Å². The number of carbonyl (C=O) groups excluding carboxylic acids is 8. The van der Waals surface area contributed by atoms with Gasteiger partial charge in [-0.05, 0) is 76.0 Å². The van der Waals surface area contributed by atoms with Crippen LogP contribution in [0.5, 0.6) is 0 Å². The molecular formula is C52H87IN10O10V. The van der Waals surface area contributed by atoms with Crippen LogP contribution in [0.1, 0.15) is 142 Å². The van der Waals surface area contributed by atoms with Crippen molar-refractivity contribution in [2.45, 2.75) is 148 Å². The largest absolute Gasteiger partial charge is 0.370 e. The van der Waals surface area contributed by atoms with Crippen molar-refractivity contribution in [1.82, 2.24) is 48.2 Å². The number of rotatable bonds is 16. The second-order valence-electron chi connectivity index (χ2n) is 12.0. The van der Waals surface area contributed by atoms with E-state index in [1.807, 2.05) is 74.2 Å². The van der Waals surface area contributed by atoms with Crippen molar-refractivity contribution in [3.8, 4) is 0 Å². The molecule has 22 heteroatoms. The van der Waals surface area contributed by atoms with E-state index in [4.69, 9.17) is 0 Å². The zero-order chi connectivity index (χ0) is 57.2. The molecule has 1 radical (unpaired) electrons. The Morgan fingerprint density at radius 2 is 1.09 bits per heavy atom. The Labute approximate surface area is 466 Å². The van der Waals surface area contributed by atoms with Crippen LogP contribution in [0.3, 0.4) is 0 Å². The third kappa shape index (κ3) is 53.7. The van der Waals surface area contributed by atoms with Crippen molar-refractivity contribution in [2.24, 2.45) is 0 Å². The minimum Gasteiger partial charge on any atom is -0.370 e. The number of aliphatic hydroxyl groups excluding tert-OH is 1. The van der Waals surface area contributed by atoms with Gasteiger partial charge in [0.1, 0.15) is 30.9 Å². The number of carbonyl (C=O) groups is 8. The number of H-pyrrole nitrogens is 1. The molecule has 0 fully saturated rings. The number of halogens is 1. The Balaban J connectivity index is -0.0000000947. The maximum Gasteiger partial charge on any atom is 0.159 e. The molecule has 417 valence electrons. The maximum atomic E-state index is 11.0. The molecule has 4 atom stereocenters. The van der Waals surface area contributed by atoms with Crippen molar-refractivity contribution >= 4 is 70.9 Å². The van der Waals surface area contributed by atoms with Gasteiger partial charge in [0.2, 0.25) is 0 Å². The van der Waals surface area contributed by atoms with Crippen LogP contribution >= 0.6 is 22.6 Å². The smallest absolute Gasteiger partial charge is 0.159 e. The number of ketones is 4. The van der Waals surface area contributed by atoms with E-state index in [0.29, 0.717) is 12.6 Å². The zero-order valence-corrected chi connectivity index (χ0v) is 49.1. The Hall–Kier alpha value is -6.14. The Kier molecular flexibility index (Phi) is 79.1. The summed E-state index contributed by atoms with van der Waals surface area (Å²) in [6.45, 7) is 27.3.